The molecule has 1 aromatic carbocycles. The summed E-state index contributed by atoms with van der Waals surface area (Å²) in [5.41, 5.74) is 0.867. The topological polar surface area (TPSA) is 67.9 Å². The van der Waals surface area contributed by atoms with E-state index in [0.29, 0.717) is 31.3 Å². The molecule has 6 nitrogen and oxygen atoms in total. The van der Waals surface area contributed by atoms with Crippen LogP contribution in [0.2, 0.25) is 5.02 Å². The molecule has 0 aromatic heterocycles. The van der Waals surface area contributed by atoms with Gasteiger partial charge in [0.15, 0.2) is 0 Å². The number of benzene rings is 1. The molecule has 1 rings (SSSR count). The van der Waals surface area contributed by atoms with Crippen molar-refractivity contribution in [1.82, 2.24) is 10.2 Å². The first-order chi connectivity index (χ1) is 10.6. The molecule has 0 aliphatic rings. The molecule has 0 radical (unpaired) electrons. The molecule has 0 spiro atoms. The quantitative estimate of drug-likeness (QED) is 0.725. The molecule has 0 saturated heterocycles. The number of amides is 2. The minimum atomic E-state index is -0.651. The van der Waals surface area contributed by atoms with Gasteiger partial charge in [0.1, 0.15) is 0 Å². The van der Waals surface area contributed by atoms with Gasteiger partial charge < -0.3 is 19.7 Å². The van der Waals surface area contributed by atoms with Gasteiger partial charge in [0, 0.05) is 38.9 Å². The second-order valence-electron chi connectivity index (χ2n) is 4.59. The summed E-state index contributed by atoms with van der Waals surface area (Å²) in [7, 11) is 3.08. The fourth-order valence-electron chi connectivity index (χ4n) is 1.72. The minimum absolute atomic E-state index is 0.268. The predicted octanol–water partition coefficient (Wildman–Crippen LogP) is 1.08. The van der Waals surface area contributed by atoms with Crippen LogP contribution in [0.25, 0.3) is 0 Å². The van der Waals surface area contributed by atoms with Crippen LogP contribution in [-0.2, 0) is 25.6 Å². The van der Waals surface area contributed by atoms with Crippen LogP contribution in [0.15, 0.2) is 24.3 Å². The normalized spacial score (nSPS) is 10.3. The van der Waals surface area contributed by atoms with Crippen molar-refractivity contribution in [1.29, 1.82) is 0 Å². The number of methoxy groups -OCH3 is 2. The molecule has 1 N–H and O–H groups in total. The second-order valence-corrected chi connectivity index (χ2v) is 5.02. The third kappa shape index (κ3) is 6.43. The van der Waals surface area contributed by atoms with Crippen LogP contribution in [0.4, 0.5) is 0 Å². The van der Waals surface area contributed by atoms with Gasteiger partial charge in [-0.1, -0.05) is 23.7 Å². The van der Waals surface area contributed by atoms with Gasteiger partial charge in [-0.3, -0.25) is 9.59 Å². The van der Waals surface area contributed by atoms with Gasteiger partial charge in [0.05, 0.1) is 13.2 Å². The van der Waals surface area contributed by atoms with Crippen molar-refractivity contribution in [3.8, 4) is 0 Å². The molecule has 0 bridgehead atoms. The number of hydrogen-bond donors (Lipinski definition) is 1. The van der Waals surface area contributed by atoms with Gasteiger partial charge in [-0.25, -0.2) is 0 Å². The Labute approximate surface area is 135 Å². The van der Waals surface area contributed by atoms with Crippen molar-refractivity contribution >= 4 is 23.4 Å². The minimum Gasteiger partial charge on any atom is -0.383 e. The zero-order chi connectivity index (χ0) is 16.4. The van der Waals surface area contributed by atoms with Crippen LogP contribution in [0, 0.1) is 0 Å². The fourth-order valence-corrected chi connectivity index (χ4v) is 1.85. The highest BCUT2D eigenvalue weighted by Gasteiger charge is 2.21. The molecule has 122 valence electrons. The van der Waals surface area contributed by atoms with Crippen molar-refractivity contribution in [2.24, 2.45) is 0 Å². The standard InChI is InChI=1S/C15H21ClN2O4/c1-21-9-7-18(8-10-22-2)15(20)14(19)17-11-12-3-5-13(16)6-4-12/h3-6H,7-11H2,1-2H3,(H,17,19). The van der Waals surface area contributed by atoms with E-state index in [1.807, 2.05) is 0 Å². The summed E-state index contributed by atoms with van der Waals surface area (Å²) in [4.78, 5) is 25.5. The summed E-state index contributed by atoms with van der Waals surface area (Å²) in [6.07, 6.45) is 0. The first kappa shape index (κ1) is 18.4. The molecule has 0 fully saturated rings. The van der Waals surface area contributed by atoms with Crippen molar-refractivity contribution < 1.29 is 19.1 Å². The third-order valence-electron chi connectivity index (χ3n) is 2.98. The molecular formula is C15H21ClN2O4. The van der Waals surface area contributed by atoms with Gasteiger partial charge in [-0.05, 0) is 17.7 Å². The Kier molecular flexibility index (Phi) is 8.50. The van der Waals surface area contributed by atoms with E-state index in [1.165, 1.54) is 4.90 Å². The fraction of sp³-hybridized carbons (Fsp3) is 0.467. The number of carbonyl (C=O) groups excluding carboxylic acids is 2. The maximum absolute atomic E-state index is 12.1. The van der Waals surface area contributed by atoms with E-state index in [4.69, 9.17) is 21.1 Å². The first-order valence-corrected chi connectivity index (χ1v) is 7.25. The van der Waals surface area contributed by atoms with E-state index in [0.717, 1.165) is 5.56 Å². The molecule has 0 atom stereocenters. The molecule has 2 amide bonds. The highest BCUT2D eigenvalue weighted by atomic mass is 35.5. The van der Waals surface area contributed by atoms with E-state index in [9.17, 15) is 9.59 Å². The lowest BCUT2D eigenvalue weighted by Gasteiger charge is -2.21. The number of hydrogen-bond acceptors (Lipinski definition) is 4. The van der Waals surface area contributed by atoms with Crippen molar-refractivity contribution in [2.45, 2.75) is 6.54 Å². The van der Waals surface area contributed by atoms with E-state index in [2.05, 4.69) is 5.32 Å². The van der Waals surface area contributed by atoms with Gasteiger partial charge >= 0.3 is 11.8 Å². The van der Waals surface area contributed by atoms with Crippen LogP contribution in [-0.4, -0.2) is 57.2 Å². The van der Waals surface area contributed by atoms with Gasteiger partial charge in [0.2, 0.25) is 0 Å². The van der Waals surface area contributed by atoms with Crippen LogP contribution in [0.1, 0.15) is 5.56 Å². The van der Waals surface area contributed by atoms with Crippen molar-refractivity contribution in [3.63, 3.8) is 0 Å². The zero-order valence-electron chi connectivity index (χ0n) is 12.8. The maximum Gasteiger partial charge on any atom is 0.312 e. The lowest BCUT2D eigenvalue weighted by atomic mass is 10.2. The maximum atomic E-state index is 12.1. The zero-order valence-corrected chi connectivity index (χ0v) is 13.6. The Balaban J connectivity index is 2.52. The van der Waals surface area contributed by atoms with Crippen LogP contribution >= 0.6 is 11.6 Å². The van der Waals surface area contributed by atoms with Crippen molar-refractivity contribution in [3.05, 3.63) is 34.9 Å². The third-order valence-corrected chi connectivity index (χ3v) is 3.23. The molecule has 0 aliphatic carbocycles. The lowest BCUT2D eigenvalue weighted by molar-refractivity contribution is -0.146. The Morgan fingerprint density at radius 2 is 1.64 bits per heavy atom. The Hall–Kier alpha value is -1.63. The van der Waals surface area contributed by atoms with Crippen LogP contribution in [0.5, 0.6) is 0 Å². The van der Waals surface area contributed by atoms with Crippen LogP contribution < -0.4 is 5.32 Å². The van der Waals surface area contributed by atoms with Crippen LogP contribution in [0.3, 0.4) is 0 Å². The molecule has 0 aliphatic heterocycles. The largest absolute Gasteiger partial charge is 0.383 e. The molecule has 7 heteroatoms. The highest BCUT2D eigenvalue weighted by molar-refractivity contribution is 6.35. The molecule has 1 aromatic rings. The highest BCUT2D eigenvalue weighted by Crippen LogP contribution is 2.09. The summed E-state index contributed by atoms with van der Waals surface area (Å²) < 4.78 is 9.89. The second kappa shape index (κ2) is 10.2. The Morgan fingerprint density at radius 1 is 1.09 bits per heavy atom. The SMILES string of the molecule is COCCN(CCOC)C(=O)C(=O)NCc1ccc(Cl)cc1. The van der Waals surface area contributed by atoms with Gasteiger partial charge in [-0.15, -0.1) is 0 Å². The average molecular weight is 329 g/mol. The van der Waals surface area contributed by atoms with Crippen molar-refractivity contribution in [2.75, 3.05) is 40.5 Å². The number of nitrogens with one attached hydrogen (secondary N) is 1. The average Bonchev–Trinajstić information content (AvgIpc) is 2.53. The summed E-state index contributed by atoms with van der Waals surface area (Å²) >= 11 is 5.79. The molecular weight excluding hydrogens is 308 g/mol. The summed E-state index contributed by atoms with van der Waals surface area (Å²) in [6.45, 7) is 1.67. The number of carbonyl (C=O) groups is 2. The van der Waals surface area contributed by atoms with Gasteiger partial charge in [-0.2, -0.15) is 0 Å². The molecule has 0 heterocycles. The Bertz CT molecular complexity index is 471. The summed E-state index contributed by atoms with van der Waals surface area (Å²) in [6, 6.07) is 7.05. The van der Waals surface area contributed by atoms with E-state index >= 15 is 0 Å². The first-order valence-electron chi connectivity index (χ1n) is 6.88. The van der Waals surface area contributed by atoms with E-state index < -0.39 is 11.8 Å². The predicted molar refractivity (Wildman–Crippen MR) is 83.6 cm³/mol. The number of ether oxygens (including phenoxy) is 2. The molecule has 0 unspecified atom stereocenters. The smallest absolute Gasteiger partial charge is 0.312 e. The monoisotopic (exact) mass is 328 g/mol. The van der Waals surface area contributed by atoms with Gasteiger partial charge in [0.25, 0.3) is 0 Å². The van der Waals surface area contributed by atoms with E-state index in [-0.39, 0.29) is 6.54 Å². The lowest BCUT2D eigenvalue weighted by Crippen LogP contribution is -2.45. The van der Waals surface area contributed by atoms with E-state index in [1.54, 1.807) is 38.5 Å². The molecule has 0 saturated carbocycles. The number of halogens is 1. The summed E-state index contributed by atoms with van der Waals surface area (Å²) in [5, 5.41) is 3.22. The Morgan fingerprint density at radius 3 is 2.14 bits per heavy atom. The summed E-state index contributed by atoms with van der Waals surface area (Å²) in [5.74, 6) is -1.25. The molecule has 22 heavy (non-hydrogen) atoms. The number of rotatable bonds is 8. The number of nitrogens with zero attached hydrogens (tertiary/aromatic N) is 1.